The summed E-state index contributed by atoms with van der Waals surface area (Å²) in [6, 6.07) is 0. The van der Waals surface area contributed by atoms with Gasteiger partial charge in [-0.05, 0) is 59.3 Å². The number of carbonyl (C=O) groups is 1. The molecular weight excluding hydrogens is 302 g/mol. The van der Waals surface area contributed by atoms with Crippen LogP contribution < -0.4 is 0 Å². The lowest BCUT2D eigenvalue weighted by molar-refractivity contribution is -0.0324. The Morgan fingerprint density at radius 1 is 1.33 bits per heavy atom. The maximum Gasteiger partial charge on any atom is 0.410 e. The van der Waals surface area contributed by atoms with Gasteiger partial charge in [-0.15, -0.1) is 0 Å². The maximum atomic E-state index is 12.2. The number of ether oxygens (including phenoxy) is 1. The van der Waals surface area contributed by atoms with Crippen molar-refractivity contribution >= 4 is 6.09 Å². The van der Waals surface area contributed by atoms with Crippen LogP contribution in [-0.2, 0) is 17.7 Å². The quantitative estimate of drug-likeness (QED) is 0.788. The molecule has 1 amide bonds. The molecule has 1 aromatic heterocycles. The van der Waals surface area contributed by atoms with Gasteiger partial charge in [-0.2, -0.15) is 0 Å². The lowest BCUT2D eigenvalue weighted by atomic mass is 9.77. The van der Waals surface area contributed by atoms with Crippen molar-refractivity contribution in [2.24, 2.45) is 5.41 Å². The fraction of sp³-hybridized carbons (Fsp3) is 0.789. The summed E-state index contributed by atoms with van der Waals surface area (Å²) in [6.45, 7) is 8.62. The number of hydrogen-bond acceptors (Lipinski definition) is 3. The van der Waals surface area contributed by atoms with E-state index >= 15 is 0 Å². The van der Waals surface area contributed by atoms with E-state index in [4.69, 9.17) is 9.72 Å². The molecule has 5 heteroatoms. The average Bonchev–Trinajstić information content (AvgIpc) is 3.07. The molecule has 0 N–H and O–H groups in total. The van der Waals surface area contributed by atoms with Crippen LogP contribution in [0.5, 0.6) is 0 Å². The summed E-state index contributed by atoms with van der Waals surface area (Å²) in [5, 5.41) is 0. The first-order chi connectivity index (χ1) is 11.4. The minimum Gasteiger partial charge on any atom is -0.444 e. The van der Waals surface area contributed by atoms with E-state index in [2.05, 4.69) is 4.57 Å². The number of aryl methyl sites for hydroxylation is 1. The Morgan fingerprint density at radius 3 is 2.88 bits per heavy atom. The van der Waals surface area contributed by atoms with E-state index in [1.807, 2.05) is 32.0 Å². The molecule has 1 saturated heterocycles. The van der Waals surface area contributed by atoms with Gasteiger partial charge in [0.2, 0.25) is 0 Å². The first kappa shape index (κ1) is 16.0. The number of nitrogens with zero attached hydrogens (tertiary/aromatic N) is 3. The summed E-state index contributed by atoms with van der Waals surface area (Å²) in [7, 11) is 0. The zero-order chi connectivity index (χ0) is 16.9. The fourth-order valence-electron chi connectivity index (χ4n) is 4.75. The Labute approximate surface area is 144 Å². The Balaban J connectivity index is 1.38. The van der Waals surface area contributed by atoms with Gasteiger partial charge in [0.05, 0.1) is 12.0 Å². The molecule has 1 atom stereocenters. The van der Waals surface area contributed by atoms with Gasteiger partial charge in [0.1, 0.15) is 5.60 Å². The van der Waals surface area contributed by atoms with Crippen LogP contribution in [0.2, 0.25) is 0 Å². The number of aromatic nitrogens is 2. The van der Waals surface area contributed by atoms with Gasteiger partial charge in [0.25, 0.3) is 0 Å². The zero-order valence-corrected chi connectivity index (χ0v) is 15.2. The molecule has 1 unspecified atom stereocenters. The van der Waals surface area contributed by atoms with Crippen molar-refractivity contribution in [2.45, 2.75) is 77.4 Å². The Hall–Kier alpha value is -1.52. The van der Waals surface area contributed by atoms with Crippen LogP contribution in [0.15, 0.2) is 6.33 Å². The molecule has 1 aromatic rings. The van der Waals surface area contributed by atoms with E-state index < -0.39 is 5.60 Å². The van der Waals surface area contributed by atoms with E-state index in [1.165, 1.54) is 49.9 Å². The van der Waals surface area contributed by atoms with E-state index in [0.717, 1.165) is 19.6 Å². The average molecular weight is 331 g/mol. The van der Waals surface area contributed by atoms with E-state index in [0.29, 0.717) is 11.3 Å². The fourth-order valence-corrected chi connectivity index (χ4v) is 4.75. The summed E-state index contributed by atoms with van der Waals surface area (Å²) in [5.41, 5.74) is 2.73. The number of amides is 1. The second-order valence-corrected chi connectivity index (χ2v) is 9.00. The predicted molar refractivity (Wildman–Crippen MR) is 92.0 cm³/mol. The second-order valence-electron chi connectivity index (χ2n) is 9.00. The Bertz CT molecular complexity index is 638. The highest BCUT2D eigenvalue weighted by Gasteiger charge is 2.51. The molecule has 1 aliphatic carbocycles. The third kappa shape index (κ3) is 2.82. The van der Waals surface area contributed by atoms with E-state index in [-0.39, 0.29) is 6.09 Å². The van der Waals surface area contributed by atoms with Gasteiger partial charge >= 0.3 is 6.09 Å². The van der Waals surface area contributed by atoms with Crippen molar-refractivity contribution in [1.82, 2.24) is 14.5 Å². The van der Waals surface area contributed by atoms with Crippen molar-refractivity contribution in [3.05, 3.63) is 17.7 Å². The monoisotopic (exact) mass is 331 g/mol. The normalized spacial score (nSPS) is 25.5. The molecule has 1 spiro atoms. The molecule has 0 aromatic carbocycles. The standard InChI is InChI=1S/C19H29N3O2/c1-18(2,3)24-17(23)22-11-19(12-22)8-7-14(10-19)16-15-6-4-5-9-21(15)13-20-16/h13-14H,4-12H2,1-3H3. The lowest BCUT2D eigenvalue weighted by Crippen LogP contribution is -2.58. The van der Waals surface area contributed by atoms with Crippen LogP contribution in [0.1, 0.15) is 70.2 Å². The summed E-state index contributed by atoms with van der Waals surface area (Å²) < 4.78 is 7.85. The summed E-state index contributed by atoms with van der Waals surface area (Å²) >= 11 is 0. The Morgan fingerprint density at radius 2 is 2.12 bits per heavy atom. The summed E-state index contributed by atoms with van der Waals surface area (Å²) in [6.07, 6.45) is 9.25. The van der Waals surface area contributed by atoms with Gasteiger partial charge in [-0.25, -0.2) is 9.78 Å². The molecule has 132 valence electrons. The predicted octanol–water partition coefficient (Wildman–Crippen LogP) is 3.72. The van der Waals surface area contributed by atoms with Gasteiger partial charge in [0.15, 0.2) is 0 Å². The van der Waals surface area contributed by atoms with Crippen LogP contribution >= 0.6 is 0 Å². The van der Waals surface area contributed by atoms with Gasteiger partial charge in [-0.1, -0.05) is 0 Å². The number of hydrogen-bond donors (Lipinski definition) is 0. The van der Waals surface area contributed by atoms with Crippen molar-refractivity contribution in [1.29, 1.82) is 0 Å². The van der Waals surface area contributed by atoms with Crippen LogP contribution in [0.3, 0.4) is 0 Å². The largest absolute Gasteiger partial charge is 0.444 e. The molecule has 3 aliphatic rings. The summed E-state index contributed by atoms with van der Waals surface area (Å²) in [5.74, 6) is 0.583. The molecule has 2 aliphatic heterocycles. The van der Waals surface area contributed by atoms with Gasteiger partial charge in [-0.3, -0.25) is 0 Å². The number of imidazole rings is 1. The highest BCUT2D eigenvalue weighted by molar-refractivity contribution is 5.69. The first-order valence-corrected chi connectivity index (χ1v) is 9.37. The Kier molecular flexibility index (Phi) is 3.66. The SMILES string of the molecule is CC(C)(C)OC(=O)N1CC2(CCC(c3ncn4c3CCCC4)C2)C1. The lowest BCUT2D eigenvalue weighted by Gasteiger charge is -2.48. The van der Waals surface area contributed by atoms with Gasteiger partial charge in [0, 0.05) is 36.7 Å². The van der Waals surface area contributed by atoms with Crippen LogP contribution in [-0.4, -0.2) is 39.2 Å². The number of likely N-dealkylation sites (tertiary alicyclic amines) is 1. The minimum atomic E-state index is -0.409. The highest BCUT2D eigenvalue weighted by Crippen LogP contribution is 2.52. The summed E-state index contributed by atoms with van der Waals surface area (Å²) in [4.78, 5) is 18.8. The minimum absolute atomic E-state index is 0.157. The molecule has 24 heavy (non-hydrogen) atoms. The molecule has 2 fully saturated rings. The smallest absolute Gasteiger partial charge is 0.410 e. The molecule has 5 nitrogen and oxygen atoms in total. The number of carbonyl (C=O) groups excluding carboxylic acids is 1. The van der Waals surface area contributed by atoms with Crippen molar-refractivity contribution in [3.63, 3.8) is 0 Å². The topological polar surface area (TPSA) is 47.4 Å². The van der Waals surface area contributed by atoms with Crippen molar-refractivity contribution < 1.29 is 9.53 Å². The van der Waals surface area contributed by atoms with Crippen molar-refractivity contribution in [3.8, 4) is 0 Å². The molecule has 4 rings (SSSR count). The molecule has 3 heterocycles. The van der Waals surface area contributed by atoms with E-state index in [9.17, 15) is 4.79 Å². The molecule has 0 bridgehead atoms. The number of rotatable bonds is 1. The highest BCUT2D eigenvalue weighted by atomic mass is 16.6. The van der Waals surface area contributed by atoms with Crippen LogP contribution in [0, 0.1) is 5.41 Å². The van der Waals surface area contributed by atoms with Crippen LogP contribution in [0.25, 0.3) is 0 Å². The number of fused-ring (bicyclic) bond motifs is 1. The molecular formula is C19H29N3O2. The third-order valence-corrected chi connectivity index (χ3v) is 5.83. The van der Waals surface area contributed by atoms with Gasteiger partial charge < -0.3 is 14.2 Å². The molecule has 1 saturated carbocycles. The maximum absolute atomic E-state index is 12.2. The third-order valence-electron chi connectivity index (χ3n) is 5.83. The second kappa shape index (κ2) is 5.50. The zero-order valence-electron chi connectivity index (χ0n) is 15.2. The van der Waals surface area contributed by atoms with Crippen LogP contribution in [0.4, 0.5) is 4.79 Å². The van der Waals surface area contributed by atoms with Crippen molar-refractivity contribution in [2.75, 3.05) is 13.1 Å². The van der Waals surface area contributed by atoms with E-state index in [1.54, 1.807) is 0 Å². The molecule has 0 radical (unpaired) electrons. The first-order valence-electron chi connectivity index (χ1n) is 9.37.